The van der Waals surface area contributed by atoms with E-state index in [2.05, 4.69) is 0 Å². The Morgan fingerprint density at radius 3 is 2.63 bits per heavy atom. The van der Waals surface area contributed by atoms with Crippen LogP contribution in [-0.2, 0) is 14.3 Å². The standard InChI is InChI=1S/C14H23NO4/c1-14(13(17)18)6-7-15(10-14)12(16)3-2-11-4-8-19-9-5-11/h11H,2-10H2,1H3,(H,17,18)/t14-/m1/s1. The van der Waals surface area contributed by atoms with Gasteiger partial charge in [-0.05, 0) is 38.5 Å². The zero-order chi connectivity index (χ0) is 13.9. The fourth-order valence-electron chi connectivity index (χ4n) is 2.87. The summed E-state index contributed by atoms with van der Waals surface area (Å²) in [6.07, 6.45) is 4.09. The molecule has 2 aliphatic heterocycles. The second-order valence-electron chi connectivity index (χ2n) is 6.03. The number of hydrogen-bond donors (Lipinski definition) is 1. The van der Waals surface area contributed by atoms with E-state index < -0.39 is 11.4 Å². The fraction of sp³-hybridized carbons (Fsp3) is 0.857. The lowest BCUT2D eigenvalue weighted by Crippen LogP contribution is -2.35. The van der Waals surface area contributed by atoms with Crippen LogP contribution in [0.5, 0.6) is 0 Å². The molecule has 2 heterocycles. The van der Waals surface area contributed by atoms with Gasteiger partial charge in [0.25, 0.3) is 0 Å². The van der Waals surface area contributed by atoms with Gasteiger partial charge in [-0.2, -0.15) is 0 Å². The summed E-state index contributed by atoms with van der Waals surface area (Å²) in [7, 11) is 0. The van der Waals surface area contributed by atoms with E-state index in [9.17, 15) is 9.59 Å². The summed E-state index contributed by atoms with van der Waals surface area (Å²) >= 11 is 0. The summed E-state index contributed by atoms with van der Waals surface area (Å²) in [6.45, 7) is 4.27. The second kappa shape index (κ2) is 5.90. The Hall–Kier alpha value is -1.10. The third-order valence-electron chi connectivity index (χ3n) is 4.45. The highest BCUT2D eigenvalue weighted by Crippen LogP contribution is 2.31. The largest absolute Gasteiger partial charge is 0.481 e. The van der Waals surface area contributed by atoms with Crippen LogP contribution in [0.25, 0.3) is 0 Å². The molecule has 0 saturated carbocycles. The molecule has 0 radical (unpaired) electrons. The molecule has 2 rings (SSSR count). The molecule has 0 aromatic carbocycles. The predicted molar refractivity (Wildman–Crippen MR) is 69.7 cm³/mol. The van der Waals surface area contributed by atoms with Gasteiger partial charge in [-0.25, -0.2) is 0 Å². The van der Waals surface area contributed by atoms with E-state index in [1.807, 2.05) is 0 Å². The van der Waals surface area contributed by atoms with Gasteiger partial charge in [0.1, 0.15) is 0 Å². The molecule has 0 spiro atoms. The van der Waals surface area contributed by atoms with Crippen LogP contribution in [0, 0.1) is 11.3 Å². The third kappa shape index (κ3) is 3.47. The molecule has 0 aliphatic carbocycles. The summed E-state index contributed by atoms with van der Waals surface area (Å²) in [5.74, 6) is -0.102. The molecule has 0 unspecified atom stereocenters. The van der Waals surface area contributed by atoms with Crippen LogP contribution in [0.4, 0.5) is 0 Å². The first-order chi connectivity index (χ1) is 9.01. The number of carboxylic acid groups (broad SMARTS) is 1. The van der Waals surface area contributed by atoms with E-state index in [0.29, 0.717) is 31.8 Å². The molecule has 1 amide bonds. The Balaban J connectivity index is 1.76. The quantitative estimate of drug-likeness (QED) is 0.840. The molecule has 1 N–H and O–H groups in total. The van der Waals surface area contributed by atoms with Gasteiger partial charge in [0.2, 0.25) is 5.91 Å². The van der Waals surface area contributed by atoms with Crippen molar-refractivity contribution in [3.63, 3.8) is 0 Å². The first kappa shape index (κ1) is 14.3. The van der Waals surface area contributed by atoms with Crippen LogP contribution in [-0.4, -0.2) is 48.2 Å². The maximum Gasteiger partial charge on any atom is 0.311 e. The van der Waals surface area contributed by atoms with Gasteiger partial charge in [0, 0.05) is 32.7 Å². The maximum absolute atomic E-state index is 12.1. The van der Waals surface area contributed by atoms with Crippen molar-refractivity contribution in [2.75, 3.05) is 26.3 Å². The van der Waals surface area contributed by atoms with Crippen LogP contribution in [0.2, 0.25) is 0 Å². The summed E-state index contributed by atoms with van der Waals surface area (Å²) in [5.41, 5.74) is -0.756. The Morgan fingerprint density at radius 2 is 2.05 bits per heavy atom. The lowest BCUT2D eigenvalue weighted by molar-refractivity contribution is -0.147. The van der Waals surface area contributed by atoms with Crippen LogP contribution in [0.3, 0.4) is 0 Å². The lowest BCUT2D eigenvalue weighted by atomic mass is 9.90. The zero-order valence-corrected chi connectivity index (χ0v) is 11.6. The van der Waals surface area contributed by atoms with E-state index in [1.54, 1.807) is 11.8 Å². The molecule has 0 bridgehead atoms. The van der Waals surface area contributed by atoms with E-state index in [-0.39, 0.29) is 5.91 Å². The van der Waals surface area contributed by atoms with Crippen molar-refractivity contribution in [2.45, 2.75) is 39.0 Å². The van der Waals surface area contributed by atoms with Crippen LogP contribution >= 0.6 is 0 Å². The molecule has 0 aromatic rings. The molecule has 19 heavy (non-hydrogen) atoms. The van der Waals surface area contributed by atoms with E-state index in [4.69, 9.17) is 9.84 Å². The summed E-state index contributed by atoms with van der Waals surface area (Å²) in [6, 6.07) is 0. The number of nitrogens with zero attached hydrogens (tertiary/aromatic N) is 1. The van der Waals surface area contributed by atoms with Crippen LogP contribution in [0.1, 0.15) is 39.0 Å². The van der Waals surface area contributed by atoms with E-state index >= 15 is 0 Å². The number of aliphatic carboxylic acids is 1. The summed E-state index contributed by atoms with van der Waals surface area (Å²) in [5, 5.41) is 9.15. The van der Waals surface area contributed by atoms with Crippen molar-refractivity contribution in [2.24, 2.45) is 11.3 Å². The van der Waals surface area contributed by atoms with Gasteiger partial charge in [-0.15, -0.1) is 0 Å². The van der Waals surface area contributed by atoms with Crippen molar-refractivity contribution in [3.05, 3.63) is 0 Å². The number of ether oxygens (including phenoxy) is 1. The highest BCUT2D eigenvalue weighted by molar-refractivity contribution is 5.80. The highest BCUT2D eigenvalue weighted by Gasteiger charge is 2.41. The number of carboxylic acids is 1. The molecule has 2 fully saturated rings. The molecule has 2 saturated heterocycles. The van der Waals surface area contributed by atoms with Gasteiger partial charge in [-0.3, -0.25) is 9.59 Å². The number of amides is 1. The molecule has 1 atom stereocenters. The Kier molecular flexibility index (Phi) is 4.45. The Morgan fingerprint density at radius 1 is 1.37 bits per heavy atom. The minimum Gasteiger partial charge on any atom is -0.481 e. The van der Waals surface area contributed by atoms with Crippen molar-refractivity contribution >= 4 is 11.9 Å². The predicted octanol–water partition coefficient (Wildman–Crippen LogP) is 1.52. The van der Waals surface area contributed by atoms with Crippen LogP contribution < -0.4 is 0 Å². The average Bonchev–Trinajstić information content (AvgIpc) is 2.81. The molecule has 5 nitrogen and oxygen atoms in total. The average molecular weight is 269 g/mol. The van der Waals surface area contributed by atoms with Crippen molar-refractivity contribution in [1.29, 1.82) is 0 Å². The summed E-state index contributed by atoms with van der Waals surface area (Å²) in [4.78, 5) is 25.0. The van der Waals surface area contributed by atoms with Gasteiger partial charge in [0.05, 0.1) is 5.41 Å². The maximum atomic E-state index is 12.1. The first-order valence-electron chi connectivity index (χ1n) is 7.10. The normalized spacial score (nSPS) is 28.6. The minimum absolute atomic E-state index is 0.108. The number of carbonyl (C=O) groups is 2. The Bertz CT molecular complexity index is 351. The smallest absolute Gasteiger partial charge is 0.311 e. The van der Waals surface area contributed by atoms with Gasteiger partial charge in [-0.1, -0.05) is 0 Å². The van der Waals surface area contributed by atoms with Gasteiger partial charge < -0.3 is 14.7 Å². The molecule has 2 aliphatic rings. The second-order valence-corrected chi connectivity index (χ2v) is 6.03. The van der Waals surface area contributed by atoms with Gasteiger partial charge >= 0.3 is 5.97 Å². The molecule has 5 heteroatoms. The van der Waals surface area contributed by atoms with E-state index in [1.165, 1.54) is 0 Å². The zero-order valence-electron chi connectivity index (χ0n) is 11.6. The topological polar surface area (TPSA) is 66.8 Å². The van der Waals surface area contributed by atoms with Crippen LogP contribution in [0.15, 0.2) is 0 Å². The highest BCUT2D eigenvalue weighted by atomic mass is 16.5. The molecular weight excluding hydrogens is 246 g/mol. The van der Waals surface area contributed by atoms with Crippen molar-refractivity contribution < 1.29 is 19.4 Å². The molecule has 108 valence electrons. The fourth-order valence-corrected chi connectivity index (χ4v) is 2.87. The number of carbonyl (C=O) groups excluding carboxylic acids is 1. The summed E-state index contributed by atoms with van der Waals surface area (Å²) < 4.78 is 5.30. The monoisotopic (exact) mass is 269 g/mol. The number of rotatable bonds is 4. The number of likely N-dealkylation sites (tertiary alicyclic amines) is 1. The van der Waals surface area contributed by atoms with Crippen molar-refractivity contribution in [3.8, 4) is 0 Å². The van der Waals surface area contributed by atoms with Gasteiger partial charge in [0.15, 0.2) is 0 Å². The number of hydrogen-bond acceptors (Lipinski definition) is 3. The van der Waals surface area contributed by atoms with Crippen molar-refractivity contribution in [1.82, 2.24) is 4.90 Å². The molecular formula is C14H23NO4. The SMILES string of the molecule is C[C@@]1(C(=O)O)CCN(C(=O)CCC2CCOCC2)C1. The Labute approximate surface area is 113 Å². The van der Waals surface area contributed by atoms with E-state index in [0.717, 1.165) is 32.5 Å². The lowest BCUT2D eigenvalue weighted by Gasteiger charge is -2.23. The third-order valence-corrected chi connectivity index (χ3v) is 4.45. The minimum atomic E-state index is -0.799. The molecule has 0 aromatic heterocycles. The first-order valence-corrected chi connectivity index (χ1v) is 7.10.